The maximum atomic E-state index is 13.4. The summed E-state index contributed by atoms with van der Waals surface area (Å²) in [5.74, 6) is 0. The van der Waals surface area contributed by atoms with Gasteiger partial charge in [0.25, 0.3) is 11.4 Å². The summed E-state index contributed by atoms with van der Waals surface area (Å²) in [7, 11) is 0. The van der Waals surface area contributed by atoms with Gasteiger partial charge in [-0.15, -0.1) is 0 Å². The highest BCUT2D eigenvalue weighted by Gasteiger charge is 2.39. The van der Waals surface area contributed by atoms with Crippen molar-refractivity contribution in [3.63, 3.8) is 0 Å². The van der Waals surface area contributed by atoms with Gasteiger partial charge in [-0.3, -0.25) is 20.2 Å². The third-order valence-electron chi connectivity index (χ3n) is 3.32. The monoisotopic (exact) mass is 453 g/mol. The molecule has 0 heterocycles. The van der Waals surface area contributed by atoms with Crippen molar-refractivity contribution >= 4 is 50.3 Å². The molecule has 0 atom stereocenters. The normalized spacial score (nSPS) is 11.3. The summed E-state index contributed by atoms with van der Waals surface area (Å²) in [4.78, 5) is 19.8. The maximum absolute atomic E-state index is 13.4. The minimum atomic E-state index is -5.06. The van der Waals surface area contributed by atoms with E-state index < -0.39 is 38.6 Å². The average molecular weight is 455 g/mol. The molecular weight excluding hydrogens is 447 g/mol. The molecule has 12 heteroatoms. The number of nitro groups is 2. The Balaban J connectivity index is 2.76. The third-order valence-corrected chi connectivity index (χ3v) is 4.39. The number of halogens is 5. The van der Waals surface area contributed by atoms with Gasteiger partial charge >= 0.3 is 6.18 Å². The van der Waals surface area contributed by atoms with Crippen molar-refractivity contribution in [2.24, 2.45) is 0 Å². The van der Waals surface area contributed by atoms with Crippen LogP contribution in [-0.2, 0) is 6.18 Å². The predicted molar refractivity (Wildman–Crippen MR) is 91.9 cm³/mol. The van der Waals surface area contributed by atoms with Crippen LogP contribution in [0, 0.1) is 27.2 Å². The minimum Gasteiger partial charge on any atom is -0.348 e. The van der Waals surface area contributed by atoms with Crippen LogP contribution in [0.5, 0.6) is 0 Å². The van der Waals surface area contributed by atoms with Crippen LogP contribution in [-0.4, -0.2) is 9.85 Å². The van der Waals surface area contributed by atoms with Crippen molar-refractivity contribution in [3.8, 4) is 0 Å². The Morgan fingerprint density at radius 2 is 1.73 bits per heavy atom. The first-order chi connectivity index (χ1) is 11.9. The van der Waals surface area contributed by atoms with Crippen LogP contribution in [0.15, 0.2) is 28.7 Å². The largest absolute Gasteiger partial charge is 0.418 e. The maximum Gasteiger partial charge on any atom is 0.418 e. The molecule has 1 N–H and O–H groups in total. The van der Waals surface area contributed by atoms with Gasteiger partial charge in [-0.05, 0) is 40.5 Å². The first kappa shape index (κ1) is 19.9. The Hall–Kier alpha value is -2.40. The molecule has 26 heavy (non-hydrogen) atoms. The first-order valence-electron chi connectivity index (χ1n) is 6.68. The molecule has 0 aliphatic rings. The Labute approximate surface area is 157 Å². The van der Waals surface area contributed by atoms with E-state index in [1.54, 1.807) is 6.92 Å². The van der Waals surface area contributed by atoms with Gasteiger partial charge in [-0.2, -0.15) is 13.2 Å². The first-order valence-corrected chi connectivity index (χ1v) is 7.85. The lowest BCUT2D eigenvalue weighted by Crippen LogP contribution is -2.12. The van der Waals surface area contributed by atoms with E-state index in [-0.39, 0.29) is 16.2 Å². The minimum absolute atomic E-state index is 0.0781. The van der Waals surface area contributed by atoms with E-state index >= 15 is 0 Å². The fourth-order valence-corrected chi connectivity index (χ4v) is 2.84. The summed E-state index contributed by atoms with van der Waals surface area (Å²) in [6.45, 7) is 1.59. The number of nitrogens with one attached hydrogen (secondary N) is 1. The van der Waals surface area contributed by atoms with Crippen LogP contribution in [0.2, 0.25) is 5.02 Å². The number of alkyl halides is 3. The summed E-state index contributed by atoms with van der Waals surface area (Å²) >= 11 is 9.02. The van der Waals surface area contributed by atoms with Gasteiger partial charge in [-0.1, -0.05) is 11.6 Å². The van der Waals surface area contributed by atoms with E-state index in [4.69, 9.17) is 11.6 Å². The standard InChI is InChI=1S/C14H8BrClF3N3O4/c1-6-2-11(9(15)5-10(6)16)20-13-8(14(17,18)19)3-7(21(23)24)4-12(13)22(25)26/h2-5,20H,1H3. The number of aryl methyl sites for hydroxylation is 1. The highest BCUT2D eigenvalue weighted by Crippen LogP contribution is 2.44. The van der Waals surface area contributed by atoms with E-state index in [0.29, 0.717) is 16.7 Å². The summed E-state index contributed by atoms with van der Waals surface area (Å²) in [5.41, 5.74) is -3.97. The molecule has 0 aliphatic carbocycles. The van der Waals surface area contributed by atoms with Gasteiger partial charge in [0.05, 0.1) is 27.2 Å². The molecule has 7 nitrogen and oxygen atoms in total. The summed E-state index contributed by atoms with van der Waals surface area (Å²) < 4.78 is 40.3. The molecule has 0 saturated heterocycles. The van der Waals surface area contributed by atoms with E-state index in [9.17, 15) is 33.4 Å². The average Bonchev–Trinajstić information content (AvgIpc) is 2.50. The SMILES string of the molecule is Cc1cc(Nc2c([N+](=O)[O-])cc([N+](=O)[O-])cc2C(F)(F)F)c(Br)cc1Cl. The number of rotatable bonds is 4. The number of hydrogen-bond acceptors (Lipinski definition) is 5. The van der Waals surface area contributed by atoms with Gasteiger partial charge in [0.1, 0.15) is 5.69 Å². The van der Waals surface area contributed by atoms with Gasteiger partial charge in [0.15, 0.2) is 0 Å². The van der Waals surface area contributed by atoms with Crippen molar-refractivity contribution in [2.75, 3.05) is 5.32 Å². The highest BCUT2D eigenvalue weighted by molar-refractivity contribution is 9.10. The number of nitrogens with zero attached hydrogens (tertiary/aromatic N) is 2. The lowest BCUT2D eigenvalue weighted by atomic mass is 10.1. The Kier molecular flexibility index (Phi) is 5.42. The van der Waals surface area contributed by atoms with Gasteiger partial charge < -0.3 is 5.32 Å². The molecule has 0 saturated carbocycles. The zero-order valence-corrected chi connectivity index (χ0v) is 15.1. The summed E-state index contributed by atoms with van der Waals surface area (Å²) in [5, 5.41) is 24.7. The van der Waals surface area contributed by atoms with Crippen molar-refractivity contribution in [2.45, 2.75) is 13.1 Å². The van der Waals surface area contributed by atoms with E-state index in [0.717, 1.165) is 0 Å². The number of benzene rings is 2. The van der Waals surface area contributed by atoms with Crippen LogP contribution in [0.1, 0.15) is 11.1 Å². The van der Waals surface area contributed by atoms with Crippen LogP contribution in [0.4, 0.5) is 35.9 Å². The predicted octanol–water partition coefficient (Wildman–Crippen LogP) is 5.99. The van der Waals surface area contributed by atoms with Crippen molar-refractivity contribution in [1.29, 1.82) is 0 Å². The van der Waals surface area contributed by atoms with Gasteiger partial charge in [-0.25, -0.2) is 0 Å². The molecule has 0 bridgehead atoms. The van der Waals surface area contributed by atoms with Crippen LogP contribution in [0.3, 0.4) is 0 Å². The highest BCUT2D eigenvalue weighted by atomic mass is 79.9. The molecule has 0 unspecified atom stereocenters. The molecule has 2 aromatic rings. The quantitative estimate of drug-likeness (QED) is 0.452. The second-order valence-electron chi connectivity index (χ2n) is 5.11. The molecule has 0 aliphatic heterocycles. The van der Waals surface area contributed by atoms with Crippen LogP contribution >= 0.6 is 27.5 Å². The van der Waals surface area contributed by atoms with E-state index in [2.05, 4.69) is 21.2 Å². The Morgan fingerprint density at radius 3 is 2.23 bits per heavy atom. The number of nitro benzene ring substituents is 2. The lowest BCUT2D eigenvalue weighted by Gasteiger charge is -2.16. The molecular formula is C14H8BrClF3N3O4. The number of anilines is 2. The molecule has 0 radical (unpaired) electrons. The van der Waals surface area contributed by atoms with Crippen LogP contribution in [0.25, 0.3) is 0 Å². The molecule has 0 amide bonds. The Bertz CT molecular complexity index is 921. The fraction of sp³-hybridized carbons (Fsp3) is 0.143. The topological polar surface area (TPSA) is 98.3 Å². The molecule has 2 aromatic carbocycles. The number of hydrogen-bond donors (Lipinski definition) is 1. The van der Waals surface area contributed by atoms with Gasteiger partial charge in [0, 0.05) is 15.6 Å². The van der Waals surface area contributed by atoms with Crippen LogP contribution < -0.4 is 5.32 Å². The van der Waals surface area contributed by atoms with Crippen molar-refractivity contribution in [1.82, 2.24) is 0 Å². The third kappa shape index (κ3) is 4.05. The Morgan fingerprint density at radius 1 is 1.12 bits per heavy atom. The number of non-ortho nitro benzene ring substituents is 1. The zero-order chi connectivity index (χ0) is 19.8. The lowest BCUT2D eigenvalue weighted by molar-refractivity contribution is -0.394. The summed E-state index contributed by atoms with van der Waals surface area (Å²) in [6.07, 6.45) is -5.06. The molecule has 0 spiro atoms. The molecule has 2 rings (SSSR count). The van der Waals surface area contributed by atoms with Crippen molar-refractivity contribution < 1.29 is 23.0 Å². The molecule has 138 valence electrons. The zero-order valence-electron chi connectivity index (χ0n) is 12.7. The van der Waals surface area contributed by atoms with E-state index in [1.165, 1.54) is 12.1 Å². The smallest absolute Gasteiger partial charge is 0.348 e. The van der Waals surface area contributed by atoms with E-state index in [1.807, 2.05) is 0 Å². The second-order valence-corrected chi connectivity index (χ2v) is 6.37. The second kappa shape index (κ2) is 7.08. The van der Waals surface area contributed by atoms with Crippen molar-refractivity contribution in [3.05, 3.63) is 65.1 Å². The van der Waals surface area contributed by atoms with Gasteiger partial charge in [0.2, 0.25) is 0 Å². The molecule has 0 aromatic heterocycles. The summed E-state index contributed by atoms with van der Waals surface area (Å²) in [6, 6.07) is 3.50. The fourth-order valence-electron chi connectivity index (χ4n) is 2.10. The molecule has 0 fully saturated rings.